The molecule has 0 atom stereocenters. The summed E-state index contributed by atoms with van der Waals surface area (Å²) in [5.41, 5.74) is 10.1. The largest absolute Gasteiger partial charge is 0.616 e. The van der Waals surface area contributed by atoms with E-state index in [4.69, 9.17) is 10.7 Å². The summed E-state index contributed by atoms with van der Waals surface area (Å²) in [6, 6.07) is 12.7. The lowest BCUT2D eigenvalue weighted by molar-refractivity contribution is 0.0947. The number of benzene rings is 2. The summed E-state index contributed by atoms with van der Waals surface area (Å²) in [4.78, 5) is 17.3. The van der Waals surface area contributed by atoms with Gasteiger partial charge in [-0.3, -0.25) is 14.9 Å². The lowest BCUT2D eigenvalue weighted by Crippen LogP contribution is -2.23. The number of aromatic hydroxyl groups is 1. The van der Waals surface area contributed by atoms with Gasteiger partial charge in [-0.25, -0.2) is 4.39 Å². The van der Waals surface area contributed by atoms with Crippen LogP contribution in [0.1, 0.15) is 40.4 Å². The highest BCUT2D eigenvalue weighted by Gasteiger charge is 2.26. The minimum atomic E-state index is -0.752. The van der Waals surface area contributed by atoms with Gasteiger partial charge in [-0.15, -0.1) is 0 Å². The number of rotatable bonds is 5. The highest BCUT2D eigenvalue weighted by atomic mass is 32.2. The van der Waals surface area contributed by atoms with Crippen molar-refractivity contribution in [2.24, 2.45) is 0 Å². The Morgan fingerprint density at radius 3 is 2.69 bits per heavy atom. The van der Waals surface area contributed by atoms with Crippen molar-refractivity contribution in [2.45, 2.75) is 25.3 Å². The number of phenolic OH excluding ortho intramolecular Hbond substituents is 1. The van der Waals surface area contributed by atoms with Gasteiger partial charge in [0.1, 0.15) is 23.1 Å². The lowest BCUT2D eigenvalue weighted by atomic mass is 9.96. The monoisotopic (exact) mass is 493 g/mol. The zero-order valence-corrected chi connectivity index (χ0v) is 19.6. The summed E-state index contributed by atoms with van der Waals surface area (Å²) in [5, 5.41) is 20.4. The molecule has 1 fully saturated rings. The molecule has 0 aliphatic carbocycles. The average Bonchev–Trinajstić information content (AvgIpc) is 3.25. The first-order valence-corrected chi connectivity index (χ1v) is 12.7. The smallest absolute Gasteiger partial charge is 0.255 e. The summed E-state index contributed by atoms with van der Waals surface area (Å²) in [6.45, 7) is 0.199. The number of hydrogen-bond acceptors (Lipinski definition) is 6. The zero-order valence-electron chi connectivity index (χ0n) is 18.8. The topological polar surface area (TPSA) is 140 Å². The maximum Gasteiger partial charge on any atom is 0.255 e. The van der Waals surface area contributed by atoms with Crippen LogP contribution in [0.2, 0.25) is 0 Å². The molecule has 0 unspecified atom stereocenters. The SMILES string of the molecule is Nc1n[nH]c2cc(C3CC[S+]([O-])CC3)nc(-c3ccc(CNC(=O)c4cc(F)ccc4O)cc3)c12. The Morgan fingerprint density at radius 1 is 1.20 bits per heavy atom. The number of pyridine rings is 1. The van der Waals surface area contributed by atoms with Crippen LogP contribution in [0.15, 0.2) is 48.5 Å². The van der Waals surface area contributed by atoms with Crippen molar-refractivity contribution in [2.75, 3.05) is 17.2 Å². The van der Waals surface area contributed by atoms with E-state index in [1.807, 2.05) is 30.3 Å². The van der Waals surface area contributed by atoms with Gasteiger partial charge in [0.25, 0.3) is 5.91 Å². The molecule has 1 aliphatic rings. The van der Waals surface area contributed by atoms with Crippen molar-refractivity contribution in [1.82, 2.24) is 20.5 Å². The van der Waals surface area contributed by atoms with Gasteiger partial charge in [-0.1, -0.05) is 35.4 Å². The second-order valence-electron chi connectivity index (χ2n) is 8.59. The molecule has 8 nitrogen and oxygen atoms in total. The summed E-state index contributed by atoms with van der Waals surface area (Å²) in [5.74, 6) is 0.507. The molecule has 5 rings (SSSR count). The number of aromatic nitrogens is 3. The number of nitrogen functional groups attached to an aromatic ring is 1. The number of carbonyl (C=O) groups excluding carboxylic acids is 1. The Balaban J connectivity index is 1.38. The van der Waals surface area contributed by atoms with Crippen LogP contribution >= 0.6 is 0 Å². The lowest BCUT2D eigenvalue weighted by Gasteiger charge is -2.24. The van der Waals surface area contributed by atoms with Crippen molar-refractivity contribution in [3.63, 3.8) is 0 Å². The molecule has 10 heteroatoms. The fourth-order valence-electron chi connectivity index (χ4n) is 4.34. The first-order chi connectivity index (χ1) is 16.9. The number of amides is 1. The molecular weight excluding hydrogens is 469 g/mol. The standard InChI is InChI=1S/C25H24FN5O3S/c26-17-5-6-21(32)18(11-17)25(33)28-13-14-1-3-16(4-2-14)23-22-20(30-31-24(22)27)12-19(29-23)15-7-9-35(34)10-8-15/h1-6,11-12,15,32H,7-10,13H2,(H,28,33)(H3,27,30,31). The quantitative estimate of drug-likeness (QED) is 0.313. The molecule has 2 aromatic carbocycles. The van der Waals surface area contributed by atoms with Crippen LogP contribution in [0.25, 0.3) is 22.2 Å². The van der Waals surface area contributed by atoms with Crippen LogP contribution in [0.5, 0.6) is 5.75 Å². The summed E-state index contributed by atoms with van der Waals surface area (Å²) < 4.78 is 25.2. The van der Waals surface area contributed by atoms with E-state index in [1.54, 1.807) is 0 Å². The number of hydrogen-bond donors (Lipinski definition) is 4. The summed E-state index contributed by atoms with van der Waals surface area (Å²) >= 11 is -0.752. The van der Waals surface area contributed by atoms with Gasteiger partial charge in [0.05, 0.1) is 22.2 Å². The number of aromatic amines is 1. The van der Waals surface area contributed by atoms with E-state index in [1.165, 1.54) is 0 Å². The van der Waals surface area contributed by atoms with Crippen molar-refractivity contribution in [1.29, 1.82) is 0 Å². The van der Waals surface area contributed by atoms with E-state index >= 15 is 0 Å². The number of anilines is 1. The predicted octanol–water partition coefficient (Wildman–Crippen LogP) is 3.61. The number of carbonyl (C=O) groups is 1. The molecule has 35 heavy (non-hydrogen) atoms. The van der Waals surface area contributed by atoms with Crippen LogP contribution in [0.3, 0.4) is 0 Å². The Bertz CT molecular complexity index is 1380. The molecule has 3 heterocycles. The van der Waals surface area contributed by atoms with E-state index in [-0.39, 0.29) is 23.8 Å². The molecule has 0 radical (unpaired) electrons. The number of phenols is 1. The van der Waals surface area contributed by atoms with E-state index in [0.29, 0.717) is 17.3 Å². The van der Waals surface area contributed by atoms with Crippen LogP contribution in [0.4, 0.5) is 10.2 Å². The minimum Gasteiger partial charge on any atom is -0.616 e. The molecule has 0 spiro atoms. The second kappa shape index (κ2) is 9.55. The van der Waals surface area contributed by atoms with Gasteiger partial charge >= 0.3 is 0 Å². The fraction of sp³-hybridized carbons (Fsp3) is 0.240. The Labute approximate surface area is 203 Å². The number of nitrogens with zero attached hydrogens (tertiary/aromatic N) is 2. The zero-order chi connectivity index (χ0) is 24.5. The van der Waals surface area contributed by atoms with Gasteiger partial charge in [-0.05, 0) is 29.8 Å². The predicted molar refractivity (Wildman–Crippen MR) is 133 cm³/mol. The van der Waals surface area contributed by atoms with Crippen molar-refractivity contribution in [3.8, 4) is 17.0 Å². The Morgan fingerprint density at radius 2 is 1.94 bits per heavy atom. The van der Waals surface area contributed by atoms with Gasteiger partial charge in [0, 0.05) is 36.6 Å². The maximum absolute atomic E-state index is 13.4. The number of nitrogens with two attached hydrogens (primary N) is 1. The molecule has 0 bridgehead atoms. The van der Waals surface area contributed by atoms with E-state index in [2.05, 4.69) is 15.5 Å². The van der Waals surface area contributed by atoms with Gasteiger partial charge in [-0.2, -0.15) is 5.10 Å². The molecule has 180 valence electrons. The third-order valence-corrected chi connectivity index (χ3v) is 7.66. The summed E-state index contributed by atoms with van der Waals surface area (Å²) in [7, 11) is 0. The normalized spacial score (nSPS) is 18.0. The molecule has 5 N–H and O–H groups in total. The number of H-pyrrole nitrogens is 1. The minimum absolute atomic E-state index is 0.119. The van der Waals surface area contributed by atoms with Crippen molar-refractivity contribution < 1.29 is 18.8 Å². The van der Waals surface area contributed by atoms with E-state index < -0.39 is 22.9 Å². The summed E-state index contributed by atoms with van der Waals surface area (Å²) in [6.07, 6.45) is 1.65. The molecule has 1 amide bonds. The first kappa shape index (κ1) is 23.1. The van der Waals surface area contributed by atoms with Gasteiger partial charge in [0.2, 0.25) is 0 Å². The van der Waals surface area contributed by atoms with Crippen molar-refractivity contribution in [3.05, 3.63) is 71.2 Å². The average molecular weight is 494 g/mol. The highest BCUT2D eigenvalue weighted by Crippen LogP contribution is 2.35. The number of nitrogens with one attached hydrogen (secondary N) is 2. The maximum atomic E-state index is 13.4. The molecule has 4 aromatic rings. The van der Waals surface area contributed by atoms with Crippen LogP contribution in [-0.2, 0) is 17.7 Å². The second-order valence-corrected chi connectivity index (χ2v) is 10.3. The molecule has 0 saturated carbocycles. The first-order valence-electron chi connectivity index (χ1n) is 11.2. The number of fused-ring (bicyclic) bond motifs is 1. The van der Waals surface area contributed by atoms with Crippen molar-refractivity contribution >= 4 is 33.8 Å². The third-order valence-electron chi connectivity index (χ3n) is 6.28. The highest BCUT2D eigenvalue weighted by molar-refractivity contribution is 7.91. The van der Waals surface area contributed by atoms with Crippen LogP contribution in [0, 0.1) is 5.82 Å². The van der Waals surface area contributed by atoms with Gasteiger partial charge < -0.3 is 20.7 Å². The molecule has 1 aliphatic heterocycles. The molecule has 1 saturated heterocycles. The van der Waals surface area contributed by atoms with E-state index in [0.717, 1.165) is 64.5 Å². The third kappa shape index (κ3) is 4.80. The fourth-order valence-corrected chi connectivity index (χ4v) is 5.64. The Kier molecular flexibility index (Phi) is 6.31. The molecular formula is C25H24FN5O3S. The Hall–Kier alpha value is -3.63. The number of halogens is 1. The van der Waals surface area contributed by atoms with Crippen LogP contribution < -0.4 is 11.1 Å². The molecule has 2 aromatic heterocycles. The van der Waals surface area contributed by atoms with Gasteiger partial charge in [0.15, 0.2) is 5.82 Å². The van der Waals surface area contributed by atoms with E-state index in [9.17, 15) is 18.8 Å². The van der Waals surface area contributed by atoms with Crippen LogP contribution in [-0.4, -0.2) is 42.3 Å².